The van der Waals surface area contributed by atoms with Gasteiger partial charge in [0, 0.05) is 17.6 Å². The largest absolute Gasteiger partial charge is 0.497 e. The highest BCUT2D eigenvalue weighted by Crippen LogP contribution is 2.45. The molecule has 214 valence electrons. The summed E-state index contributed by atoms with van der Waals surface area (Å²) in [5.41, 5.74) is 7.14. The summed E-state index contributed by atoms with van der Waals surface area (Å²) in [6.45, 7) is 7.01. The van der Waals surface area contributed by atoms with E-state index >= 15 is 0 Å². The monoisotopic (exact) mass is 560 g/mol. The second kappa shape index (κ2) is 11.1. The smallest absolute Gasteiger partial charge is 0.339 e. The second-order valence-corrected chi connectivity index (χ2v) is 12.2. The average Bonchev–Trinajstić information content (AvgIpc) is 3.43. The quantitative estimate of drug-likeness (QED) is 0.243. The highest BCUT2D eigenvalue weighted by molar-refractivity contribution is 6.07. The van der Waals surface area contributed by atoms with E-state index in [1.807, 2.05) is 72.8 Å². The molecule has 1 atom stereocenters. The fourth-order valence-electron chi connectivity index (χ4n) is 6.15. The number of aromatic nitrogens is 1. The van der Waals surface area contributed by atoms with Gasteiger partial charge in [-0.25, -0.2) is 9.78 Å². The highest BCUT2D eigenvalue weighted by Gasteiger charge is 2.36. The third-order valence-electron chi connectivity index (χ3n) is 8.61. The molecule has 1 aromatic heterocycles. The number of carbonyl (C=O) groups is 2. The molecule has 1 aliphatic heterocycles. The number of carbonyl (C=O) groups excluding carboxylic acids is 2. The number of para-hydroxylation sites is 2. The van der Waals surface area contributed by atoms with Crippen molar-refractivity contribution < 1.29 is 19.1 Å². The maximum Gasteiger partial charge on any atom is 0.339 e. The standard InChI is InChI=1S/C36H36N2O4/c1-36(2,3)26-20-25(19-23-13-15-27(41-4)16-14-23)34-29(21-26)33(28-10-6-7-11-30(28)37-34)35(40)42-22-32(39)38-18-17-24-9-5-8-12-31(24)38/h5-16,19,26H,17-18,20-22H2,1-4H3/b25-19-/t26-/m0/s1. The Morgan fingerprint density at radius 3 is 2.48 bits per heavy atom. The number of pyridine rings is 1. The normalized spacial score (nSPS) is 17.2. The van der Waals surface area contributed by atoms with Crippen molar-refractivity contribution in [1.29, 1.82) is 0 Å². The van der Waals surface area contributed by atoms with Gasteiger partial charge in [-0.3, -0.25) is 4.79 Å². The van der Waals surface area contributed by atoms with Gasteiger partial charge >= 0.3 is 5.97 Å². The maximum absolute atomic E-state index is 13.9. The molecule has 0 fully saturated rings. The van der Waals surface area contributed by atoms with Gasteiger partial charge in [0.2, 0.25) is 0 Å². The molecule has 0 saturated heterocycles. The van der Waals surface area contributed by atoms with E-state index in [-0.39, 0.29) is 23.8 Å². The Kier molecular flexibility index (Phi) is 7.31. The Morgan fingerprint density at radius 1 is 0.976 bits per heavy atom. The Hall–Kier alpha value is -4.45. The molecule has 6 rings (SSSR count). The van der Waals surface area contributed by atoms with Crippen molar-refractivity contribution in [2.45, 2.75) is 40.0 Å². The lowest BCUT2D eigenvalue weighted by Crippen LogP contribution is -2.33. The molecule has 6 heteroatoms. The van der Waals surface area contributed by atoms with Crippen LogP contribution in [0.2, 0.25) is 0 Å². The van der Waals surface area contributed by atoms with Crippen molar-refractivity contribution >= 4 is 40.1 Å². The molecule has 2 heterocycles. The lowest BCUT2D eigenvalue weighted by atomic mass is 9.69. The molecule has 1 amide bonds. The third kappa shape index (κ3) is 5.29. The van der Waals surface area contributed by atoms with E-state index in [1.165, 1.54) is 0 Å². The fraction of sp³-hybridized carbons (Fsp3) is 0.306. The van der Waals surface area contributed by atoms with Crippen molar-refractivity contribution in [3.63, 3.8) is 0 Å². The Morgan fingerprint density at radius 2 is 1.71 bits per heavy atom. The third-order valence-corrected chi connectivity index (χ3v) is 8.61. The molecule has 0 radical (unpaired) electrons. The molecule has 0 saturated carbocycles. The van der Waals surface area contributed by atoms with Crippen LogP contribution in [0.25, 0.3) is 22.6 Å². The number of nitrogens with zero attached hydrogens (tertiary/aromatic N) is 2. The summed E-state index contributed by atoms with van der Waals surface area (Å²) in [6, 6.07) is 23.5. The van der Waals surface area contributed by atoms with Crippen LogP contribution in [0, 0.1) is 11.3 Å². The van der Waals surface area contributed by atoms with Gasteiger partial charge in [-0.2, -0.15) is 0 Å². The van der Waals surface area contributed by atoms with Gasteiger partial charge in [0.1, 0.15) is 5.75 Å². The highest BCUT2D eigenvalue weighted by atomic mass is 16.5. The molecular weight excluding hydrogens is 524 g/mol. The molecule has 3 aromatic carbocycles. The molecule has 6 nitrogen and oxygen atoms in total. The number of amides is 1. The SMILES string of the molecule is COc1ccc(/C=C2/C[C@H](C(C)(C)C)Cc3c2nc2ccccc2c3C(=O)OCC(=O)N2CCc3ccccc32)cc1. The van der Waals surface area contributed by atoms with Gasteiger partial charge in [-0.1, -0.05) is 69.3 Å². The Labute approximate surface area is 247 Å². The number of hydrogen-bond donors (Lipinski definition) is 0. The van der Waals surface area contributed by atoms with Crippen LogP contribution >= 0.6 is 0 Å². The number of rotatable bonds is 5. The van der Waals surface area contributed by atoms with Gasteiger partial charge < -0.3 is 14.4 Å². The van der Waals surface area contributed by atoms with Gasteiger partial charge in [0.15, 0.2) is 6.61 Å². The predicted octanol–water partition coefficient (Wildman–Crippen LogP) is 7.14. The van der Waals surface area contributed by atoms with Crippen LogP contribution in [-0.2, 0) is 22.4 Å². The zero-order valence-corrected chi connectivity index (χ0v) is 24.6. The fourth-order valence-corrected chi connectivity index (χ4v) is 6.15. The minimum absolute atomic E-state index is 0.00260. The van der Waals surface area contributed by atoms with Crippen molar-refractivity contribution in [1.82, 2.24) is 4.98 Å². The van der Waals surface area contributed by atoms with Crippen LogP contribution in [-0.4, -0.2) is 37.1 Å². The molecule has 0 unspecified atom stereocenters. The number of allylic oxidation sites excluding steroid dienone is 1. The van der Waals surface area contributed by atoms with Gasteiger partial charge in [-0.15, -0.1) is 0 Å². The first kappa shape index (κ1) is 27.7. The molecule has 42 heavy (non-hydrogen) atoms. The van der Waals surface area contributed by atoms with E-state index in [4.69, 9.17) is 14.5 Å². The molecule has 0 N–H and O–H groups in total. The first-order valence-electron chi connectivity index (χ1n) is 14.5. The van der Waals surface area contributed by atoms with Gasteiger partial charge in [0.05, 0.1) is 23.9 Å². The van der Waals surface area contributed by atoms with Crippen LogP contribution in [0.5, 0.6) is 5.75 Å². The lowest BCUT2D eigenvalue weighted by molar-refractivity contribution is -0.121. The van der Waals surface area contributed by atoms with Crippen LogP contribution in [0.4, 0.5) is 5.69 Å². The number of fused-ring (bicyclic) bond motifs is 3. The number of anilines is 1. The zero-order valence-electron chi connectivity index (χ0n) is 24.6. The summed E-state index contributed by atoms with van der Waals surface area (Å²) in [4.78, 5) is 33.9. The van der Waals surface area contributed by atoms with E-state index in [2.05, 4.69) is 26.8 Å². The summed E-state index contributed by atoms with van der Waals surface area (Å²) in [7, 11) is 1.66. The van der Waals surface area contributed by atoms with E-state index in [0.29, 0.717) is 18.5 Å². The first-order valence-corrected chi connectivity index (χ1v) is 14.5. The number of methoxy groups -OCH3 is 1. The lowest BCUT2D eigenvalue weighted by Gasteiger charge is -2.36. The second-order valence-electron chi connectivity index (χ2n) is 12.2. The first-order chi connectivity index (χ1) is 20.2. The summed E-state index contributed by atoms with van der Waals surface area (Å²) in [5.74, 6) is 0.388. The van der Waals surface area contributed by atoms with Crippen LogP contribution in [0.3, 0.4) is 0 Å². The average molecular weight is 561 g/mol. The number of ether oxygens (including phenoxy) is 2. The van der Waals surface area contributed by atoms with Gasteiger partial charge in [-0.05, 0) is 83.2 Å². The predicted molar refractivity (Wildman–Crippen MR) is 167 cm³/mol. The minimum atomic E-state index is -0.482. The topological polar surface area (TPSA) is 68.7 Å². The van der Waals surface area contributed by atoms with E-state index < -0.39 is 5.97 Å². The molecular formula is C36H36N2O4. The van der Waals surface area contributed by atoms with Crippen LogP contribution in [0.15, 0.2) is 72.8 Å². The molecule has 4 aromatic rings. The van der Waals surface area contributed by atoms with E-state index in [1.54, 1.807) is 12.0 Å². The number of esters is 1. The number of benzene rings is 3. The molecule has 1 aliphatic carbocycles. The van der Waals surface area contributed by atoms with Crippen LogP contribution < -0.4 is 9.64 Å². The van der Waals surface area contributed by atoms with Crippen molar-refractivity contribution in [3.05, 3.63) is 101 Å². The number of hydrogen-bond acceptors (Lipinski definition) is 5. The summed E-state index contributed by atoms with van der Waals surface area (Å²) in [6.07, 6.45) is 4.51. The van der Waals surface area contributed by atoms with Crippen molar-refractivity contribution in [3.8, 4) is 5.75 Å². The summed E-state index contributed by atoms with van der Waals surface area (Å²) in [5, 5.41) is 0.749. The summed E-state index contributed by atoms with van der Waals surface area (Å²) >= 11 is 0. The Bertz CT molecular complexity index is 1700. The van der Waals surface area contributed by atoms with E-state index in [0.717, 1.165) is 63.1 Å². The van der Waals surface area contributed by atoms with E-state index in [9.17, 15) is 9.59 Å². The molecule has 0 bridgehead atoms. The summed E-state index contributed by atoms with van der Waals surface area (Å²) < 4.78 is 11.1. The van der Waals surface area contributed by atoms with Crippen molar-refractivity contribution in [2.24, 2.45) is 11.3 Å². The van der Waals surface area contributed by atoms with Crippen molar-refractivity contribution in [2.75, 3.05) is 25.2 Å². The minimum Gasteiger partial charge on any atom is -0.497 e. The van der Waals surface area contributed by atoms with Gasteiger partial charge in [0.25, 0.3) is 5.91 Å². The maximum atomic E-state index is 13.9. The molecule has 2 aliphatic rings. The Balaban J connectivity index is 1.39. The molecule has 0 spiro atoms. The van der Waals surface area contributed by atoms with Crippen LogP contribution in [0.1, 0.15) is 59.9 Å². The zero-order chi connectivity index (χ0) is 29.4.